The molecule has 0 N–H and O–H groups in total. The Bertz CT molecular complexity index is 308. The third-order valence-electron chi connectivity index (χ3n) is 2.50. The molecule has 0 bridgehead atoms. The molecule has 0 amide bonds. The van der Waals surface area contributed by atoms with E-state index >= 15 is 0 Å². The number of nitrogens with zero attached hydrogens (tertiary/aromatic N) is 2. The predicted molar refractivity (Wildman–Crippen MR) is 54.4 cm³/mol. The SMILES string of the molecule is CC(C)c1nccc(OC2CCC2)n1. The van der Waals surface area contributed by atoms with Gasteiger partial charge in [-0.3, -0.25) is 0 Å². The largest absolute Gasteiger partial charge is 0.474 e. The van der Waals surface area contributed by atoms with Crippen molar-refractivity contribution in [1.82, 2.24) is 9.97 Å². The molecule has 0 aromatic carbocycles. The highest BCUT2D eigenvalue weighted by Gasteiger charge is 2.19. The summed E-state index contributed by atoms with van der Waals surface area (Å²) in [6.45, 7) is 4.17. The van der Waals surface area contributed by atoms with E-state index in [1.807, 2.05) is 6.07 Å². The van der Waals surface area contributed by atoms with Gasteiger partial charge in [-0.05, 0) is 19.3 Å². The molecule has 1 heterocycles. The molecule has 76 valence electrons. The van der Waals surface area contributed by atoms with Gasteiger partial charge in [-0.1, -0.05) is 13.8 Å². The van der Waals surface area contributed by atoms with Crippen LogP contribution in [0.15, 0.2) is 12.3 Å². The highest BCUT2D eigenvalue weighted by atomic mass is 16.5. The van der Waals surface area contributed by atoms with E-state index in [1.54, 1.807) is 6.20 Å². The summed E-state index contributed by atoms with van der Waals surface area (Å²) in [7, 11) is 0. The Labute approximate surface area is 84.5 Å². The van der Waals surface area contributed by atoms with E-state index in [1.165, 1.54) is 19.3 Å². The Hall–Kier alpha value is -1.12. The summed E-state index contributed by atoms with van der Waals surface area (Å²) in [5.74, 6) is 1.95. The van der Waals surface area contributed by atoms with Crippen LogP contribution >= 0.6 is 0 Å². The summed E-state index contributed by atoms with van der Waals surface area (Å²) < 4.78 is 5.69. The van der Waals surface area contributed by atoms with Crippen molar-refractivity contribution < 1.29 is 4.74 Å². The van der Waals surface area contributed by atoms with Gasteiger partial charge in [0, 0.05) is 18.2 Å². The molecule has 1 saturated carbocycles. The highest BCUT2D eigenvalue weighted by molar-refractivity contribution is 5.10. The topological polar surface area (TPSA) is 35.0 Å². The summed E-state index contributed by atoms with van der Waals surface area (Å²) in [5.41, 5.74) is 0. The van der Waals surface area contributed by atoms with E-state index in [-0.39, 0.29) is 0 Å². The van der Waals surface area contributed by atoms with Crippen LogP contribution in [0.25, 0.3) is 0 Å². The molecule has 1 aromatic rings. The van der Waals surface area contributed by atoms with Gasteiger partial charge in [-0.2, -0.15) is 4.98 Å². The monoisotopic (exact) mass is 192 g/mol. The van der Waals surface area contributed by atoms with Crippen LogP contribution in [0.4, 0.5) is 0 Å². The molecule has 0 aliphatic heterocycles. The van der Waals surface area contributed by atoms with Crippen molar-refractivity contribution >= 4 is 0 Å². The second kappa shape index (κ2) is 3.95. The lowest BCUT2D eigenvalue weighted by Gasteiger charge is -2.25. The Balaban J connectivity index is 2.05. The molecule has 1 aliphatic carbocycles. The Kier molecular flexibility index (Phi) is 2.66. The normalized spacial score (nSPS) is 16.8. The van der Waals surface area contributed by atoms with E-state index in [0.29, 0.717) is 12.0 Å². The van der Waals surface area contributed by atoms with Gasteiger partial charge in [0.1, 0.15) is 11.9 Å². The van der Waals surface area contributed by atoms with Crippen molar-refractivity contribution in [3.63, 3.8) is 0 Å². The Morgan fingerprint density at radius 1 is 1.43 bits per heavy atom. The first kappa shape index (κ1) is 9.44. The van der Waals surface area contributed by atoms with Crippen LogP contribution in [0.2, 0.25) is 0 Å². The van der Waals surface area contributed by atoms with E-state index in [4.69, 9.17) is 4.74 Å². The van der Waals surface area contributed by atoms with Gasteiger partial charge < -0.3 is 4.74 Å². The van der Waals surface area contributed by atoms with Crippen molar-refractivity contribution in [1.29, 1.82) is 0 Å². The lowest BCUT2D eigenvalue weighted by molar-refractivity contribution is 0.114. The molecule has 1 fully saturated rings. The number of hydrogen-bond donors (Lipinski definition) is 0. The summed E-state index contributed by atoms with van der Waals surface area (Å²) in [4.78, 5) is 8.56. The maximum atomic E-state index is 5.69. The van der Waals surface area contributed by atoms with Gasteiger partial charge in [-0.15, -0.1) is 0 Å². The molecule has 0 saturated heterocycles. The van der Waals surface area contributed by atoms with Gasteiger partial charge in [0.25, 0.3) is 0 Å². The lowest BCUT2D eigenvalue weighted by Crippen LogP contribution is -2.25. The maximum Gasteiger partial charge on any atom is 0.216 e. The first-order valence-electron chi connectivity index (χ1n) is 5.25. The molecule has 0 spiro atoms. The fourth-order valence-electron chi connectivity index (χ4n) is 1.36. The number of ether oxygens (including phenoxy) is 1. The average molecular weight is 192 g/mol. The third-order valence-corrected chi connectivity index (χ3v) is 2.50. The standard InChI is InChI=1S/C11H16N2O/c1-8(2)11-12-7-6-10(13-11)14-9-4-3-5-9/h6-9H,3-5H2,1-2H3. The predicted octanol–water partition coefficient (Wildman–Crippen LogP) is 2.53. The first-order valence-corrected chi connectivity index (χ1v) is 5.25. The minimum absolute atomic E-state index is 0.361. The van der Waals surface area contributed by atoms with Crippen molar-refractivity contribution in [3.05, 3.63) is 18.1 Å². The summed E-state index contributed by atoms with van der Waals surface area (Å²) in [5, 5.41) is 0. The molecule has 3 nitrogen and oxygen atoms in total. The van der Waals surface area contributed by atoms with Crippen molar-refractivity contribution in [2.24, 2.45) is 0 Å². The molecular weight excluding hydrogens is 176 g/mol. The first-order chi connectivity index (χ1) is 6.75. The fourth-order valence-corrected chi connectivity index (χ4v) is 1.36. The molecule has 3 heteroatoms. The molecule has 1 aliphatic rings. The average Bonchev–Trinajstić information content (AvgIpc) is 2.12. The number of aromatic nitrogens is 2. The number of hydrogen-bond acceptors (Lipinski definition) is 3. The van der Waals surface area contributed by atoms with E-state index < -0.39 is 0 Å². The second-order valence-corrected chi connectivity index (χ2v) is 4.08. The Morgan fingerprint density at radius 3 is 2.79 bits per heavy atom. The van der Waals surface area contributed by atoms with Gasteiger partial charge in [-0.25, -0.2) is 4.98 Å². The van der Waals surface area contributed by atoms with Crippen LogP contribution in [0.3, 0.4) is 0 Å². The summed E-state index contributed by atoms with van der Waals surface area (Å²) in [6, 6.07) is 1.84. The lowest BCUT2D eigenvalue weighted by atomic mass is 9.96. The van der Waals surface area contributed by atoms with Gasteiger partial charge in [0.05, 0.1) is 0 Å². The van der Waals surface area contributed by atoms with E-state index in [0.717, 1.165) is 11.7 Å². The molecule has 1 aromatic heterocycles. The minimum atomic E-state index is 0.361. The third kappa shape index (κ3) is 2.03. The molecule has 0 unspecified atom stereocenters. The molecule has 14 heavy (non-hydrogen) atoms. The highest BCUT2D eigenvalue weighted by Crippen LogP contribution is 2.24. The molecule has 0 atom stereocenters. The zero-order valence-corrected chi connectivity index (χ0v) is 8.73. The van der Waals surface area contributed by atoms with Crippen molar-refractivity contribution in [2.45, 2.75) is 45.1 Å². The van der Waals surface area contributed by atoms with Gasteiger partial charge in [0.2, 0.25) is 5.88 Å². The smallest absolute Gasteiger partial charge is 0.216 e. The van der Waals surface area contributed by atoms with Gasteiger partial charge in [0.15, 0.2) is 0 Å². The van der Waals surface area contributed by atoms with Crippen LogP contribution in [0.5, 0.6) is 5.88 Å². The van der Waals surface area contributed by atoms with Crippen LogP contribution in [0, 0.1) is 0 Å². The quantitative estimate of drug-likeness (QED) is 0.738. The van der Waals surface area contributed by atoms with E-state index in [2.05, 4.69) is 23.8 Å². The van der Waals surface area contributed by atoms with Crippen LogP contribution < -0.4 is 4.74 Å². The fraction of sp³-hybridized carbons (Fsp3) is 0.636. The van der Waals surface area contributed by atoms with E-state index in [9.17, 15) is 0 Å². The zero-order valence-electron chi connectivity index (χ0n) is 8.73. The maximum absolute atomic E-state index is 5.69. The van der Waals surface area contributed by atoms with Crippen LogP contribution in [0.1, 0.15) is 44.9 Å². The van der Waals surface area contributed by atoms with Crippen molar-refractivity contribution in [2.75, 3.05) is 0 Å². The minimum Gasteiger partial charge on any atom is -0.474 e. The van der Waals surface area contributed by atoms with Crippen LogP contribution in [-0.2, 0) is 0 Å². The van der Waals surface area contributed by atoms with Gasteiger partial charge >= 0.3 is 0 Å². The summed E-state index contributed by atoms with van der Waals surface area (Å²) in [6.07, 6.45) is 5.79. The second-order valence-electron chi connectivity index (χ2n) is 4.08. The molecule has 0 radical (unpaired) electrons. The molecule has 2 rings (SSSR count). The zero-order chi connectivity index (χ0) is 9.97. The number of rotatable bonds is 3. The summed E-state index contributed by atoms with van der Waals surface area (Å²) >= 11 is 0. The van der Waals surface area contributed by atoms with Crippen LogP contribution in [-0.4, -0.2) is 16.1 Å². The van der Waals surface area contributed by atoms with Crippen molar-refractivity contribution in [3.8, 4) is 5.88 Å². The Morgan fingerprint density at radius 2 is 2.21 bits per heavy atom. The molecular formula is C11H16N2O.